The van der Waals surface area contributed by atoms with E-state index in [-0.39, 0.29) is 12.1 Å². The van der Waals surface area contributed by atoms with Gasteiger partial charge in [0.05, 0.1) is 7.11 Å². The van der Waals surface area contributed by atoms with Gasteiger partial charge in [0, 0.05) is 37.1 Å². The fourth-order valence-corrected chi connectivity index (χ4v) is 3.88. The van der Waals surface area contributed by atoms with Crippen molar-refractivity contribution in [3.8, 4) is 16.9 Å². The highest BCUT2D eigenvalue weighted by Gasteiger charge is 2.27. The van der Waals surface area contributed by atoms with Gasteiger partial charge in [-0.3, -0.25) is 0 Å². The predicted octanol–water partition coefficient (Wildman–Crippen LogP) is 5.10. The SMILES string of the molecule is COc1ccc(N2CCN(C(=O)Nc3ccc(-c4ccccc4)cc3)CC2C)cc1. The number of nitrogens with zero attached hydrogens (tertiary/aromatic N) is 2. The molecular formula is C25H27N3O2. The van der Waals surface area contributed by atoms with Gasteiger partial charge in [-0.1, -0.05) is 42.5 Å². The number of benzene rings is 3. The van der Waals surface area contributed by atoms with Crippen LogP contribution in [0.3, 0.4) is 0 Å². The van der Waals surface area contributed by atoms with Gasteiger partial charge in [0.2, 0.25) is 0 Å². The summed E-state index contributed by atoms with van der Waals surface area (Å²) in [5, 5.41) is 3.03. The first kappa shape index (κ1) is 19.8. The summed E-state index contributed by atoms with van der Waals surface area (Å²) in [6, 6.07) is 26.5. The van der Waals surface area contributed by atoms with E-state index in [9.17, 15) is 4.79 Å². The first-order chi connectivity index (χ1) is 14.6. The van der Waals surface area contributed by atoms with E-state index >= 15 is 0 Å². The van der Waals surface area contributed by atoms with Crippen molar-refractivity contribution in [2.24, 2.45) is 0 Å². The van der Waals surface area contributed by atoms with Crippen LogP contribution in [0.25, 0.3) is 11.1 Å². The van der Waals surface area contributed by atoms with Gasteiger partial charge in [-0.05, 0) is 54.4 Å². The molecule has 1 aliphatic rings. The maximum absolute atomic E-state index is 12.8. The van der Waals surface area contributed by atoms with Gasteiger partial charge in [0.1, 0.15) is 5.75 Å². The van der Waals surface area contributed by atoms with Gasteiger partial charge in [-0.15, -0.1) is 0 Å². The van der Waals surface area contributed by atoms with Crippen LogP contribution >= 0.6 is 0 Å². The second kappa shape index (κ2) is 8.91. The molecule has 1 N–H and O–H groups in total. The standard InChI is InChI=1S/C25H27N3O2/c1-19-18-27(16-17-28(19)23-12-14-24(30-2)15-13-23)25(29)26-22-10-8-21(9-11-22)20-6-4-3-5-7-20/h3-15,19H,16-18H2,1-2H3,(H,26,29). The fourth-order valence-electron chi connectivity index (χ4n) is 3.88. The van der Waals surface area contributed by atoms with Gasteiger partial charge in [0.15, 0.2) is 0 Å². The lowest BCUT2D eigenvalue weighted by molar-refractivity contribution is 0.200. The van der Waals surface area contributed by atoms with Gasteiger partial charge in [-0.2, -0.15) is 0 Å². The molecule has 5 nitrogen and oxygen atoms in total. The number of ether oxygens (including phenoxy) is 1. The van der Waals surface area contributed by atoms with Crippen LogP contribution in [0, 0.1) is 0 Å². The highest BCUT2D eigenvalue weighted by molar-refractivity contribution is 5.90. The number of amides is 2. The Bertz CT molecular complexity index is 972. The zero-order valence-corrected chi connectivity index (χ0v) is 17.4. The van der Waals surface area contributed by atoms with Crippen molar-refractivity contribution >= 4 is 17.4 Å². The third kappa shape index (κ3) is 4.40. The molecule has 1 fully saturated rings. The highest BCUT2D eigenvalue weighted by Crippen LogP contribution is 2.24. The van der Waals surface area contributed by atoms with Crippen LogP contribution in [-0.4, -0.2) is 43.7 Å². The number of rotatable bonds is 4. The molecule has 0 bridgehead atoms. The molecule has 1 aliphatic heterocycles. The molecule has 0 spiro atoms. The van der Waals surface area contributed by atoms with E-state index in [1.807, 2.05) is 59.5 Å². The Morgan fingerprint density at radius 3 is 2.20 bits per heavy atom. The minimum Gasteiger partial charge on any atom is -0.497 e. The van der Waals surface area contributed by atoms with Crippen LogP contribution < -0.4 is 15.0 Å². The smallest absolute Gasteiger partial charge is 0.321 e. The molecule has 3 aromatic rings. The summed E-state index contributed by atoms with van der Waals surface area (Å²) >= 11 is 0. The second-order valence-electron chi connectivity index (χ2n) is 7.56. The Labute approximate surface area is 177 Å². The molecule has 1 saturated heterocycles. The van der Waals surface area contributed by atoms with Gasteiger partial charge in [0.25, 0.3) is 0 Å². The number of carbonyl (C=O) groups excluding carboxylic acids is 1. The van der Waals surface area contributed by atoms with Gasteiger partial charge >= 0.3 is 6.03 Å². The lowest BCUT2D eigenvalue weighted by Crippen LogP contribution is -2.54. The van der Waals surface area contributed by atoms with E-state index in [0.717, 1.165) is 29.2 Å². The van der Waals surface area contributed by atoms with E-state index in [0.29, 0.717) is 13.1 Å². The number of hydrogen-bond acceptors (Lipinski definition) is 3. The van der Waals surface area contributed by atoms with E-state index in [4.69, 9.17) is 4.74 Å². The van der Waals surface area contributed by atoms with Crippen molar-refractivity contribution in [2.45, 2.75) is 13.0 Å². The molecule has 30 heavy (non-hydrogen) atoms. The van der Waals surface area contributed by atoms with Crippen LogP contribution in [0.1, 0.15) is 6.92 Å². The summed E-state index contributed by atoms with van der Waals surface area (Å²) in [5.41, 5.74) is 4.26. The van der Waals surface area contributed by atoms with Crippen molar-refractivity contribution in [2.75, 3.05) is 37.0 Å². The van der Waals surface area contributed by atoms with Crippen molar-refractivity contribution in [1.82, 2.24) is 4.90 Å². The average Bonchev–Trinajstić information content (AvgIpc) is 2.80. The Kier molecular flexibility index (Phi) is 5.89. The van der Waals surface area contributed by atoms with E-state index in [1.165, 1.54) is 5.56 Å². The Morgan fingerprint density at radius 2 is 1.57 bits per heavy atom. The number of anilines is 2. The second-order valence-corrected chi connectivity index (χ2v) is 7.56. The number of nitrogens with one attached hydrogen (secondary N) is 1. The quantitative estimate of drug-likeness (QED) is 0.661. The number of piperazine rings is 1. The molecule has 154 valence electrons. The summed E-state index contributed by atoms with van der Waals surface area (Å²) < 4.78 is 5.24. The molecule has 0 aliphatic carbocycles. The predicted molar refractivity (Wildman–Crippen MR) is 122 cm³/mol. The molecule has 3 aromatic carbocycles. The largest absolute Gasteiger partial charge is 0.497 e. The van der Waals surface area contributed by atoms with E-state index in [2.05, 4.69) is 41.4 Å². The number of urea groups is 1. The molecule has 4 rings (SSSR count). The van der Waals surface area contributed by atoms with E-state index in [1.54, 1.807) is 7.11 Å². The third-order valence-corrected chi connectivity index (χ3v) is 5.56. The Morgan fingerprint density at radius 1 is 0.900 bits per heavy atom. The van der Waals surface area contributed by atoms with Crippen molar-refractivity contribution in [3.63, 3.8) is 0 Å². The number of carbonyl (C=O) groups is 1. The van der Waals surface area contributed by atoms with Crippen molar-refractivity contribution in [3.05, 3.63) is 78.9 Å². The topological polar surface area (TPSA) is 44.8 Å². The molecule has 1 unspecified atom stereocenters. The van der Waals surface area contributed by atoms with Crippen LogP contribution in [0.4, 0.5) is 16.2 Å². The van der Waals surface area contributed by atoms with Crippen LogP contribution in [0.5, 0.6) is 5.75 Å². The van der Waals surface area contributed by atoms with Gasteiger partial charge in [-0.25, -0.2) is 4.79 Å². The maximum atomic E-state index is 12.8. The number of hydrogen-bond donors (Lipinski definition) is 1. The summed E-state index contributed by atoms with van der Waals surface area (Å²) in [5.74, 6) is 0.850. The summed E-state index contributed by atoms with van der Waals surface area (Å²) in [4.78, 5) is 17.0. The summed E-state index contributed by atoms with van der Waals surface area (Å²) in [7, 11) is 1.67. The molecule has 1 heterocycles. The van der Waals surface area contributed by atoms with Crippen LogP contribution in [0.15, 0.2) is 78.9 Å². The molecule has 0 aromatic heterocycles. The Hall–Kier alpha value is -3.47. The minimum absolute atomic E-state index is 0.0521. The summed E-state index contributed by atoms with van der Waals surface area (Å²) in [6.07, 6.45) is 0. The molecule has 0 saturated carbocycles. The third-order valence-electron chi connectivity index (χ3n) is 5.56. The molecule has 1 atom stereocenters. The number of methoxy groups -OCH3 is 1. The highest BCUT2D eigenvalue weighted by atomic mass is 16.5. The first-order valence-electron chi connectivity index (χ1n) is 10.3. The Balaban J connectivity index is 1.35. The van der Waals surface area contributed by atoms with Crippen LogP contribution in [0.2, 0.25) is 0 Å². The zero-order chi connectivity index (χ0) is 20.9. The molecule has 0 radical (unpaired) electrons. The van der Waals surface area contributed by atoms with Gasteiger partial charge < -0.3 is 19.9 Å². The molecular weight excluding hydrogens is 374 g/mol. The lowest BCUT2D eigenvalue weighted by Gasteiger charge is -2.41. The molecule has 5 heteroatoms. The lowest BCUT2D eigenvalue weighted by atomic mass is 10.1. The first-order valence-corrected chi connectivity index (χ1v) is 10.3. The zero-order valence-electron chi connectivity index (χ0n) is 17.4. The minimum atomic E-state index is -0.0521. The average molecular weight is 402 g/mol. The summed E-state index contributed by atoms with van der Waals surface area (Å²) in [6.45, 7) is 4.32. The van der Waals surface area contributed by atoms with Crippen molar-refractivity contribution in [1.29, 1.82) is 0 Å². The normalized spacial score (nSPS) is 16.3. The molecule has 2 amide bonds. The fraction of sp³-hybridized carbons (Fsp3) is 0.240. The van der Waals surface area contributed by atoms with Crippen LogP contribution in [-0.2, 0) is 0 Å². The maximum Gasteiger partial charge on any atom is 0.321 e. The monoisotopic (exact) mass is 401 g/mol. The van der Waals surface area contributed by atoms with E-state index < -0.39 is 0 Å². The van der Waals surface area contributed by atoms with Crippen molar-refractivity contribution < 1.29 is 9.53 Å².